The average Bonchev–Trinajstić information content (AvgIpc) is 3.08. The van der Waals surface area contributed by atoms with E-state index in [0.717, 1.165) is 38.6 Å². The van der Waals surface area contributed by atoms with Crippen molar-refractivity contribution in [2.75, 3.05) is 26.3 Å². The Kier molecular flexibility index (Phi) is 5.30. The van der Waals surface area contributed by atoms with Gasteiger partial charge in [0.1, 0.15) is 0 Å². The Labute approximate surface area is 132 Å². The highest BCUT2D eigenvalue weighted by Crippen LogP contribution is 2.35. The Morgan fingerprint density at radius 1 is 1.38 bits per heavy atom. The summed E-state index contributed by atoms with van der Waals surface area (Å²) in [5.74, 6) is 2.06. The summed E-state index contributed by atoms with van der Waals surface area (Å²) in [5, 5.41) is 4.98. The number of aromatic nitrogens is 1. The van der Waals surface area contributed by atoms with Gasteiger partial charge in [-0.15, -0.1) is 11.3 Å². The Morgan fingerprint density at radius 2 is 2.29 bits per heavy atom. The van der Waals surface area contributed by atoms with E-state index in [-0.39, 0.29) is 0 Å². The van der Waals surface area contributed by atoms with Gasteiger partial charge in [-0.2, -0.15) is 0 Å². The van der Waals surface area contributed by atoms with Crippen molar-refractivity contribution in [3.05, 3.63) is 15.6 Å². The van der Waals surface area contributed by atoms with Crippen LogP contribution in [0.3, 0.4) is 0 Å². The highest BCUT2D eigenvalue weighted by Gasteiger charge is 2.26. The van der Waals surface area contributed by atoms with Crippen LogP contribution in [0.15, 0.2) is 0 Å². The van der Waals surface area contributed by atoms with Crippen LogP contribution in [0.2, 0.25) is 0 Å². The molecule has 2 aliphatic rings. The molecule has 3 rings (SSSR count). The quantitative estimate of drug-likeness (QED) is 0.875. The lowest BCUT2D eigenvalue weighted by molar-refractivity contribution is 0.186. The average molecular weight is 308 g/mol. The summed E-state index contributed by atoms with van der Waals surface area (Å²) in [5.41, 5.74) is 1.41. The van der Waals surface area contributed by atoms with E-state index in [2.05, 4.69) is 19.2 Å². The SMILES string of the molecule is CC(C)CNCC1CCCc2sc(CC3CCOC3)nc21. The fourth-order valence-electron chi connectivity index (χ4n) is 3.38. The molecule has 0 aromatic carbocycles. The first-order chi connectivity index (χ1) is 10.2. The van der Waals surface area contributed by atoms with Crippen molar-refractivity contribution >= 4 is 11.3 Å². The van der Waals surface area contributed by atoms with Crippen LogP contribution in [0.1, 0.15) is 54.6 Å². The Hall–Kier alpha value is -0.450. The van der Waals surface area contributed by atoms with E-state index < -0.39 is 0 Å². The predicted octanol–water partition coefficient (Wildman–Crippen LogP) is 3.39. The van der Waals surface area contributed by atoms with Gasteiger partial charge in [0.15, 0.2) is 0 Å². The lowest BCUT2D eigenvalue weighted by Gasteiger charge is -2.22. The number of fused-ring (bicyclic) bond motifs is 1. The summed E-state index contributed by atoms with van der Waals surface area (Å²) >= 11 is 1.97. The summed E-state index contributed by atoms with van der Waals surface area (Å²) < 4.78 is 5.49. The first-order valence-electron chi connectivity index (χ1n) is 8.49. The topological polar surface area (TPSA) is 34.1 Å². The summed E-state index contributed by atoms with van der Waals surface area (Å²) in [6, 6.07) is 0. The first-order valence-corrected chi connectivity index (χ1v) is 9.31. The van der Waals surface area contributed by atoms with Crippen molar-refractivity contribution in [2.45, 2.75) is 51.9 Å². The van der Waals surface area contributed by atoms with E-state index >= 15 is 0 Å². The van der Waals surface area contributed by atoms with Crippen LogP contribution in [0.5, 0.6) is 0 Å². The molecule has 1 fully saturated rings. The lowest BCUT2D eigenvalue weighted by Crippen LogP contribution is -2.27. The minimum atomic E-state index is 0.636. The minimum Gasteiger partial charge on any atom is -0.381 e. The van der Waals surface area contributed by atoms with Gasteiger partial charge in [0.05, 0.1) is 10.7 Å². The van der Waals surface area contributed by atoms with Crippen molar-refractivity contribution < 1.29 is 4.74 Å². The maximum Gasteiger partial charge on any atom is 0.0934 e. The normalized spacial score (nSPS) is 25.5. The van der Waals surface area contributed by atoms with Gasteiger partial charge in [-0.05, 0) is 44.1 Å². The second kappa shape index (κ2) is 7.21. The van der Waals surface area contributed by atoms with Gasteiger partial charge in [-0.1, -0.05) is 13.8 Å². The summed E-state index contributed by atoms with van der Waals surface area (Å²) in [7, 11) is 0. The van der Waals surface area contributed by atoms with E-state index in [9.17, 15) is 0 Å². The number of rotatable bonds is 6. The molecule has 0 saturated carbocycles. The van der Waals surface area contributed by atoms with E-state index in [0.29, 0.717) is 11.8 Å². The number of thiazole rings is 1. The predicted molar refractivity (Wildman–Crippen MR) is 88.1 cm³/mol. The molecule has 0 bridgehead atoms. The summed E-state index contributed by atoms with van der Waals surface area (Å²) in [6.45, 7) is 8.62. The molecule has 118 valence electrons. The minimum absolute atomic E-state index is 0.636. The second-order valence-electron chi connectivity index (χ2n) is 6.99. The number of nitrogens with one attached hydrogen (secondary N) is 1. The monoisotopic (exact) mass is 308 g/mol. The van der Waals surface area contributed by atoms with Gasteiger partial charge in [0.25, 0.3) is 0 Å². The maximum atomic E-state index is 5.49. The molecule has 0 spiro atoms. The summed E-state index contributed by atoms with van der Waals surface area (Å²) in [6.07, 6.45) is 6.21. The molecule has 3 nitrogen and oxygen atoms in total. The lowest BCUT2D eigenvalue weighted by atomic mass is 9.91. The van der Waals surface area contributed by atoms with Crippen molar-refractivity contribution in [3.63, 3.8) is 0 Å². The van der Waals surface area contributed by atoms with E-state index in [4.69, 9.17) is 9.72 Å². The largest absolute Gasteiger partial charge is 0.381 e. The van der Waals surface area contributed by atoms with E-state index in [1.807, 2.05) is 11.3 Å². The molecule has 0 amide bonds. The van der Waals surface area contributed by atoms with Crippen molar-refractivity contribution in [1.29, 1.82) is 0 Å². The zero-order chi connectivity index (χ0) is 14.7. The van der Waals surface area contributed by atoms with Crippen molar-refractivity contribution in [3.8, 4) is 0 Å². The smallest absolute Gasteiger partial charge is 0.0934 e. The molecule has 1 N–H and O–H groups in total. The van der Waals surface area contributed by atoms with Crippen molar-refractivity contribution in [2.24, 2.45) is 11.8 Å². The highest BCUT2D eigenvalue weighted by atomic mass is 32.1. The van der Waals surface area contributed by atoms with E-state index in [1.165, 1.54) is 36.4 Å². The van der Waals surface area contributed by atoms with Gasteiger partial charge >= 0.3 is 0 Å². The maximum absolute atomic E-state index is 5.49. The standard InChI is InChI=1S/C17H28N2OS/c1-12(2)9-18-10-14-4-3-5-15-17(14)19-16(21-15)8-13-6-7-20-11-13/h12-14,18H,3-11H2,1-2H3. The third-order valence-corrected chi connectivity index (χ3v) is 5.70. The van der Waals surface area contributed by atoms with Gasteiger partial charge in [0, 0.05) is 37.0 Å². The van der Waals surface area contributed by atoms with Crippen LogP contribution in [0, 0.1) is 11.8 Å². The van der Waals surface area contributed by atoms with Crippen LogP contribution >= 0.6 is 11.3 Å². The molecule has 4 heteroatoms. The zero-order valence-corrected chi connectivity index (χ0v) is 14.2. The fourth-order valence-corrected chi connectivity index (χ4v) is 4.69. The van der Waals surface area contributed by atoms with Crippen LogP contribution in [0.4, 0.5) is 0 Å². The number of aryl methyl sites for hydroxylation is 1. The zero-order valence-electron chi connectivity index (χ0n) is 13.4. The number of nitrogens with zero attached hydrogens (tertiary/aromatic N) is 1. The Bertz CT molecular complexity index is 452. The van der Waals surface area contributed by atoms with Crippen LogP contribution in [0.25, 0.3) is 0 Å². The third-order valence-electron chi connectivity index (χ3n) is 4.55. The van der Waals surface area contributed by atoms with Gasteiger partial charge in [0.2, 0.25) is 0 Å². The Balaban J connectivity index is 1.61. The van der Waals surface area contributed by atoms with Crippen LogP contribution in [-0.2, 0) is 17.6 Å². The number of ether oxygens (including phenoxy) is 1. The van der Waals surface area contributed by atoms with Crippen LogP contribution in [-0.4, -0.2) is 31.3 Å². The molecule has 2 unspecified atom stereocenters. The van der Waals surface area contributed by atoms with Gasteiger partial charge in [-0.25, -0.2) is 4.98 Å². The van der Waals surface area contributed by atoms with Crippen LogP contribution < -0.4 is 5.32 Å². The molecule has 1 aromatic rings. The highest BCUT2D eigenvalue weighted by molar-refractivity contribution is 7.11. The van der Waals surface area contributed by atoms with Crippen molar-refractivity contribution in [1.82, 2.24) is 10.3 Å². The molecule has 1 aromatic heterocycles. The fraction of sp³-hybridized carbons (Fsp3) is 0.824. The third kappa shape index (κ3) is 4.05. The van der Waals surface area contributed by atoms with E-state index in [1.54, 1.807) is 4.88 Å². The molecule has 2 atom stereocenters. The number of hydrogen-bond donors (Lipinski definition) is 1. The molecule has 1 aliphatic heterocycles. The number of hydrogen-bond acceptors (Lipinski definition) is 4. The Morgan fingerprint density at radius 3 is 3.05 bits per heavy atom. The molecule has 2 heterocycles. The van der Waals surface area contributed by atoms with Gasteiger partial charge in [-0.3, -0.25) is 0 Å². The molecular weight excluding hydrogens is 280 g/mol. The molecule has 0 radical (unpaired) electrons. The molecular formula is C17H28N2OS. The second-order valence-corrected chi connectivity index (χ2v) is 8.16. The molecule has 21 heavy (non-hydrogen) atoms. The van der Waals surface area contributed by atoms with Gasteiger partial charge < -0.3 is 10.1 Å². The summed E-state index contributed by atoms with van der Waals surface area (Å²) in [4.78, 5) is 6.58. The first kappa shape index (κ1) is 15.4. The molecule has 1 saturated heterocycles. The molecule has 1 aliphatic carbocycles.